The average Bonchev–Trinajstić information content (AvgIpc) is 3.01. The highest BCUT2D eigenvalue weighted by Gasteiger charge is 2.32. The number of nitrogens with zero attached hydrogens (tertiary/aromatic N) is 4. The van der Waals surface area contributed by atoms with E-state index in [9.17, 15) is 0 Å². The minimum Gasteiger partial charge on any atom is -0.371 e. The molecule has 0 radical (unpaired) electrons. The van der Waals surface area contributed by atoms with Crippen molar-refractivity contribution in [1.29, 1.82) is 0 Å². The third-order valence-corrected chi connectivity index (χ3v) is 3.80. The molecule has 0 spiro atoms. The third kappa shape index (κ3) is 2.48. The number of halogens is 1. The highest BCUT2D eigenvalue weighted by molar-refractivity contribution is 6.30. The van der Waals surface area contributed by atoms with Gasteiger partial charge in [0.1, 0.15) is 6.10 Å². The van der Waals surface area contributed by atoms with E-state index in [0.29, 0.717) is 17.6 Å². The molecule has 0 amide bonds. The Kier molecular flexibility index (Phi) is 3.58. The summed E-state index contributed by atoms with van der Waals surface area (Å²) in [5, 5.41) is 8.11. The number of aromatic nitrogens is 4. The van der Waals surface area contributed by atoms with Crippen molar-refractivity contribution in [3.05, 3.63) is 34.9 Å². The summed E-state index contributed by atoms with van der Waals surface area (Å²) in [7, 11) is 1.93. The summed E-state index contributed by atoms with van der Waals surface area (Å²) in [5.74, 6) is 0.566. The first-order chi connectivity index (χ1) is 9.65. The molecule has 1 aliphatic heterocycles. The third-order valence-electron chi connectivity index (χ3n) is 3.61. The maximum atomic E-state index is 5.84. The second-order valence-electron chi connectivity index (χ2n) is 4.86. The zero-order chi connectivity index (χ0) is 14.1. The maximum absolute atomic E-state index is 5.84. The average molecular weight is 294 g/mol. The van der Waals surface area contributed by atoms with Crippen LogP contribution in [0.2, 0.25) is 5.02 Å². The second kappa shape index (κ2) is 5.38. The quantitative estimate of drug-likeness (QED) is 0.939. The van der Waals surface area contributed by atoms with Gasteiger partial charge in [-0.15, -0.1) is 0 Å². The highest BCUT2D eigenvalue weighted by Crippen LogP contribution is 2.32. The van der Waals surface area contributed by atoms with Gasteiger partial charge in [-0.25, -0.2) is 9.97 Å². The van der Waals surface area contributed by atoms with E-state index in [1.165, 1.54) is 0 Å². The van der Waals surface area contributed by atoms with Gasteiger partial charge in [-0.2, -0.15) is 5.10 Å². The molecule has 0 bridgehead atoms. The maximum Gasteiger partial charge on any atom is 0.222 e. The Bertz CT molecular complexity index is 597. The van der Waals surface area contributed by atoms with E-state index in [-0.39, 0.29) is 12.1 Å². The Balaban J connectivity index is 1.79. The molecule has 0 saturated carbocycles. The van der Waals surface area contributed by atoms with Crippen LogP contribution in [0, 0.1) is 6.92 Å². The van der Waals surface area contributed by atoms with Crippen LogP contribution in [0.5, 0.6) is 0 Å². The van der Waals surface area contributed by atoms with Gasteiger partial charge in [0.25, 0.3) is 0 Å². The minimum absolute atomic E-state index is 0.0250. The molecule has 2 aromatic rings. The van der Waals surface area contributed by atoms with Crippen molar-refractivity contribution in [2.45, 2.75) is 25.5 Å². The fourth-order valence-corrected chi connectivity index (χ4v) is 2.49. The van der Waals surface area contributed by atoms with Gasteiger partial charge in [-0.05, 0) is 13.3 Å². The van der Waals surface area contributed by atoms with Crippen molar-refractivity contribution in [3.63, 3.8) is 0 Å². The van der Waals surface area contributed by atoms with Crippen molar-refractivity contribution in [2.24, 2.45) is 7.05 Å². The van der Waals surface area contributed by atoms with Crippen molar-refractivity contribution in [3.8, 4) is 0 Å². The molecule has 1 N–H and O–H groups in total. The van der Waals surface area contributed by atoms with E-state index in [1.807, 2.05) is 24.9 Å². The van der Waals surface area contributed by atoms with Gasteiger partial charge in [0.2, 0.25) is 5.95 Å². The Labute approximate surface area is 122 Å². The molecule has 1 aliphatic rings. The second-order valence-corrected chi connectivity index (χ2v) is 5.30. The van der Waals surface area contributed by atoms with E-state index < -0.39 is 0 Å². The lowest BCUT2D eigenvalue weighted by Gasteiger charge is -2.19. The molecule has 0 unspecified atom stereocenters. The van der Waals surface area contributed by atoms with Crippen LogP contribution in [0.1, 0.15) is 23.8 Å². The Morgan fingerprint density at radius 2 is 2.10 bits per heavy atom. The van der Waals surface area contributed by atoms with E-state index >= 15 is 0 Å². The zero-order valence-corrected chi connectivity index (χ0v) is 12.1. The summed E-state index contributed by atoms with van der Waals surface area (Å²) in [5.41, 5.74) is 2.22. The molecule has 1 saturated heterocycles. The van der Waals surface area contributed by atoms with Gasteiger partial charge in [0, 0.05) is 24.9 Å². The van der Waals surface area contributed by atoms with E-state index in [0.717, 1.165) is 17.7 Å². The number of aryl methyl sites for hydroxylation is 1. The predicted molar refractivity (Wildman–Crippen MR) is 75.7 cm³/mol. The Morgan fingerprint density at radius 1 is 1.35 bits per heavy atom. The predicted octanol–water partition coefficient (Wildman–Crippen LogP) is 2.11. The molecular weight excluding hydrogens is 278 g/mol. The largest absolute Gasteiger partial charge is 0.371 e. The number of hydrogen-bond acceptors (Lipinski definition) is 5. The van der Waals surface area contributed by atoms with Gasteiger partial charge in [-0.1, -0.05) is 11.6 Å². The number of anilines is 1. The summed E-state index contributed by atoms with van der Waals surface area (Å²) in [4.78, 5) is 8.33. The molecule has 7 heteroatoms. The first-order valence-corrected chi connectivity index (χ1v) is 6.87. The molecule has 0 aromatic carbocycles. The zero-order valence-electron chi connectivity index (χ0n) is 11.4. The lowest BCUT2D eigenvalue weighted by Crippen LogP contribution is -2.24. The van der Waals surface area contributed by atoms with Crippen LogP contribution in [0.25, 0.3) is 0 Å². The number of nitrogens with one attached hydrogen (secondary N) is 1. The van der Waals surface area contributed by atoms with Crippen molar-refractivity contribution < 1.29 is 4.74 Å². The molecule has 0 aliphatic carbocycles. The van der Waals surface area contributed by atoms with Crippen molar-refractivity contribution >= 4 is 17.5 Å². The van der Waals surface area contributed by atoms with Gasteiger partial charge >= 0.3 is 0 Å². The van der Waals surface area contributed by atoms with Crippen molar-refractivity contribution in [2.75, 3.05) is 11.9 Å². The molecule has 1 fully saturated rings. The van der Waals surface area contributed by atoms with E-state index in [1.54, 1.807) is 12.4 Å². The van der Waals surface area contributed by atoms with Gasteiger partial charge in [0.15, 0.2) is 0 Å². The fraction of sp³-hybridized carbons (Fsp3) is 0.462. The molecule has 20 heavy (non-hydrogen) atoms. The number of ether oxygens (including phenoxy) is 1. The number of hydrogen-bond donors (Lipinski definition) is 1. The van der Waals surface area contributed by atoms with Gasteiger partial charge < -0.3 is 10.1 Å². The molecule has 106 valence electrons. The standard InChI is InChI=1S/C13H16ClN5O/c1-8-10(7-17-19(8)2)12-11(3-4-20-12)18-13-15-5-9(14)6-16-13/h5-7,11-12H,3-4H2,1-2H3,(H,15,16,18)/t11-,12+/m0/s1. The van der Waals surface area contributed by atoms with Crippen LogP contribution < -0.4 is 5.32 Å². The molecule has 2 atom stereocenters. The first kappa shape index (κ1) is 13.3. The lowest BCUT2D eigenvalue weighted by molar-refractivity contribution is 0.107. The van der Waals surface area contributed by atoms with Crippen LogP contribution in [0.15, 0.2) is 18.6 Å². The van der Waals surface area contributed by atoms with Crippen LogP contribution in [-0.4, -0.2) is 32.4 Å². The fourth-order valence-electron chi connectivity index (χ4n) is 2.39. The van der Waals surface area contributed by atoms with Crippen LogP contribution >= 0.6 is 11.6 Å². The summed E-state index contributed by atoms with van der Waals surface area (Å²) in [6, 6.07) is 0.138. The molecular formula is C13H16ClN5O. The Morgan fingerprint density at radius 3 is 2.75 bits per heavy atom. The van der Waals surface area contributed by atoms with Gasteiger partial charge in [0.05, 0.1) is 29.7 Å². The summed E-state index contributed by atoms with van der Waals surface area (Å²) in [6.07, 6.45) is 5.91. The molecule has 3 heterocycles. The topological polar surface area (TPSA) is 64.9 Å². The van der Waals surface area contributed by atoms with Crippen molar-refractivity contribution in [1.82, 2.24) is 19.7 Å². The highest BCUT2D eigenvalue weighted by atomic mass is 35.5. The number of rotatable bonds is 3. The first-order valence-electron chi connectivity index (χ1n) is 6.49. The normalized spacial score (nSPS) is 22.1. The van der Waals surface area contributed by atoms with E-state index in [2.05, 4.69) is 20.4 Å². The summed E-state index contributed by atoms with van der Waals surface area (Å²) >= 11 is 5.79. The smallest absolute Gasteiger partial charge is 0.222 e. The molecule has 2 aromatic heterocycles. The summed E-state index contributed by atoms with van der Waals surface area (Å²) in [6.45, 7) is 2.75. The lowest BCUT2D eigenvalue weighted by atomic mass is 10.0. The van der Waals surface area contributed by atoms with Crippen LogP contribution in [-0.2, 0) is 11.8 Å². The van der Waals surface area contributed by atoms with Crippen LogP contribution in [0.4, 0.5) is 5.95 Å². The van der Waals surface area contributed by atoms with E-state index in [4.69, 9.17) is 16.3 Å². The van der Waals surface area contributed by atoms with Crippen LogP contribution in [0.3, 0.4) is 0 Å². The monoisotopic (exact) mass is 293 g/mol. The Hall–Kier alpha value is -1.66. The molecule has 3 rings (SSSR count). The summed E-state index contributed by atoms with van der Waals surface area (Å²) < 4.78 is 7.70. The minimum atomic E-state index is -0.0250. The SMILES string of the molecule is Cc1c([C@H]2OCC[C@@H]2Nc2ncc(Cl)cn2)cnn1C. The molecule has 6 nitrogen and oxygen atoms in total. The van der Waals surface area contributed by atoms with Gasteiger partial charge in [-0.3, -0.25) is 4.68 Å².